The van der Waals surface area contributed by atoms with Gasteiger partial charge in [0.1, 0.15) is 15.7 Å². The molecule has 1 aromatic heterocycles. The van der Waals surface area contributed by atoms with E-state index in [1.54, 1.807) is 0 Å². The third-order valence-corrected chi connectivity index (χ3v) is 4.30. The Morgan fingerprint density at radius 3 is 1.46 bits per heavy atom. The minimum atomic E-state index is 0.722. The van der Waals surface area contributed by atoms with E-state index < -0.39 is 0 Å². The van der Waals surface area contributed by atoms with Gasteiger partial charge in [-0.05, 0) is 34.4 Å². The summed E-state index contributed by atoms with van der Waals surface area (Å²) in [6.45, 7) is 0. The quantitative estimate of drug-likeness (QED) is 0.523. The van der Waals surface area contributed by atoms with E-state index in [0.29, 0.717) is 0 Å². The molecule has 4 radical (unpaired) electrons. The average molecular weight is 327 g/mol. The van der Waals surface area contributed by atoms with E-state index in [9.17, 15) is 0 Å². The predicted molar refractivity (Wildman–Crippen MR) is 111 cm³/mol. The van der Waals surface area contributed by atoms with Crippen LogP contribution < -0.4 is 10.9 Å². The molecule has 0 unspecified atom stereocenters. The van der Waals surface area contributed by atoms with Crippen molar-refractivity contribution in [3.05, 3.63) is 91.0 Å². The molecule has 118 valence electrons. The van der Waals surface area contributed by atoms with Crippen molar-refractivity contribution in [3.63, 3.8) is 0 Å². The highest BCUT2D eigenvalue weighted by molar-refractivity contribution is 6.33. The lowest BCUT2D eigenvalue weighted by molar-refractivity contribution is 1.32. The zero-order valence-electron chi connectivity index (χ0n) is 14.3. The maximum Gasteiger partial charge on any atom is 0.113 e. The highest BCUT2D eigenvalue weighted by Crippen LogP contribution is 2.29. The number of pyridine rings is 1. The Bertz CT molecular complexity index is 995. The Morgan fingerprint density at radius 1 is 0.462 bits per heavy atom. The fourth-order valence-corrected chi connectivity index (χ4v) is 3.02. The summed E-state index contributed by atoms with van der Waals surface area (Å²) < 4.78 is 0. The van der Waals surface area contributed by atoms with Crippen molar-refractivity contribution in [3.8, 4) is 33.6 Å². The molecule has 3 heteroatoms. The fraction of sp³-hybridized carbons (Fsp3) is 0. The van der Waals surface area contributed by atoms with Gasteiger partial charge in [-0.2, -0.15) is 0 Å². The lowest BCUT2D eigenvalue weighted by Gasteiger charge is -2.11. The summed E-state index contributed by atoms with van der Waals surface area (Å²) >= 11 is 0. The number of aromatic nitrogens is 1. The fourth-order valence-electron chi connectivity index (χ4n) is 3.02. The molecule has 0 N–H and O–H groups in total. The summed E-state index contributed by atoms with van der Waals surface area (Å²) in [6, 6.07) is 30.1. The molecule has 0 atom stereocenters. The summed E-state index contributed by atoms with van der Waals surface area (Å²) in [5.41, 5.74) is 7.45. The molecule has 26 heavy (non-hydrogen) atoms. The van der Waals surface area contributed by atoms with Gasteiger partial charge in [-0.15, -0.1) is 0 Å². The van der Waals surface area contributed by atoms with Crippen molar-refractivity contribution in [2.45, 2.75) is 0 Å². The standard InChI is InChI=1S/C23H15B2N/c24-20-10-4-8-17(12-20)22-14-19(16-6-2-1-3-7-16)15-23(26-22)18-9-5-11-21(25)13-18/h1-15H. The first kappa shape index (κ1) is 16.4. The van der Waals surface area contributed by atoms with Gasteiger partial charge in [0.15, 0.2) is 0 Å². The van der Waals surface area contributed by atoms with Gasteiger partial charge in [0.05, 0.1) is 11.4 Å². The Labute approximate surface area is 156 Å². The zero-order chi connectivity index (χ0) is 17.9. The number of hydrogen-bond donors (Lipinski definition) is 0. The molecule has 0 saturated heterocycles. The van der Waals surface area contributed by atoms with E-state index in [-0.39, 0.29) is 0 Å². The van der Waals surface area contributed by atoms with Crippen LogP contribution in [-0.2, 0) is 0 Å². The Morgan fingerprint density at radius 2 is 0.962 bits per heavy atom. The second kappa shape index (κ2) is 7.05. The van der Waals surface area contributed by atoms with Crippen LogP contribution >= 0.6 is 0 Å². The minimum Gasteiger partial charge on any atom is -0.248 e. The largest absolute Gasteiger partial charge is 0.248 e. The van der Waals surface area contributed by atoms with Crippen molar-refractivity contribution in [2.24, 2.45) is 0 Å². The second-order valence-electron chi connectivity index (χ2n) is 6.24. The second-order valence-corrected chi connectivity index (χ2v) is 6.24. The molecule has 0 spiro atoms. The van der Waals surface area contributed by atoms with Gasteiger partial charge < -0.3 is 0 Å². The van der Waals surface area contributed by atoms with E-state index in [0.717, 1.165) is 44.6 Å². The highest BCUT2D eigenvalue weighted by Gasteiger charge is 2.09. The van der Waals surface area contributed by atoms with Crippen LogP contribution in [0.4, 0.5) is 0 Å². The number of rotatable bonds is 3. The van der Waals surface area contributed by atoms with Crippen molar-refractivity contribution >= 4 is 26.6 Å². The summed E-state index contributed by atoms with van der Waals surface area (Å²) in [5.74, 6) is 0. The van der Waals surface area contributed by atoms with E-state index >= 15 is 0 Å². The summed E-state index contributed by atoms with van der Waals surface area (Å²) in [6.07, 6.45) is 0. The molecule has 1 heterocycles. The van der Waals surface area contributed by atoms with Crippen LogP contribution in [0.15, 0.2) is 91.0 Å². The van der Waals surface area contributed by atoms with Crippen molar-refractivity contribution in [1.82, 2.24) is 4.98 Å². The van der Waals surface area contributed by atoms with Crippen LogP contribution in [-0.4, -0.2) is 20.7 Å². The Balaban J connectivity index is 1.93. The molecule has 3 aromatic carbocycles. The molecule has 0 aliphatic rings. The van der Waals surface area contributed by atoms with Crippen LogP contribution in [0.5, 0.6) is 0 Å². The zero-order valence-corrected chi connectivity index (χ0v) is 14.3. The SMILES string of the molecule is [B]c1cccc(-c2cc(-c3ccccc3)cc(-c3cccc([B])c3)n2)c1. The Kier molecular flexibility index (Phi) is 4.45. The van der Waals surface area contributed by atoms with Crippen LogP contribution in [0, 0.1) is 0 Å². The van der Waals surface area contributed by atoms with E-state index in [4.69, 9.17) is 20.7 Å². The maximum atomic E-state index is 5.97. The molecular formula is C23H15B2N. The summed E-state index contributed by atoms with van der Waals surface area (Å²) in [7, 11) is 11.9. The van der Waals surface area contributed by atoms with Crippen molar-refractivity contribution in [2.75, 3.05) is 0 Å². The van der Waals surface area contributed by atoms with Crippen LogP contribution in [0.3, 0.4) is 0 Å². The van der Waals surface area contributed by atoms with Crippen LogP contribution in [0.2, 0.25) is 0 Å². The lowest BCUT2D eigenvalue weighted by Crippen LogP contribution is -2.02. The molecule has 0 aliphatic carbocycles. The first-order valence-corrected chi connectivity index (χ1v) is 8.48. The molecule has 0 saturated carbocycles. The van der Waals surface area contributed by atoms with Gasteiger partial charge in [-0.1, -0.05) is 89.8 Å². The van der Waals surface area contributed by atoms with E-state index in [1.165, 1.54) is 0 Å². The topological polar surface area (TPSA) is 12.9 Å². The average Bonchev–Trinajstić information content (AvgIpc) is 2.68. The summed E-state index contributed by atoms with van der Waals surface area (Å²) in [4.78, 5) is 4.87. The normalized spacial score (nSPS) is 10.6. The molecule has 0 bridgehead atoms. The van der Waals surface area contributed by atoms with E-state index in [1.807, 2.05) is 66.7 Å². The smallest absolute Gasteiger partial charge is 0.113 e. The summed E-state index contributed by atoms with van der Waals surface area (Å²) in [5, 5.41) is 0. The molecule has 0 fully saturated rings. The van der Waals surface area contributed by atoms with Crippen molar-refractivity contribution < 1.29 is 0 Å². The van der Waals surface area contributed by atoms with Crippen molar-refractivity contribution in [1.29, 1.82) is 0 Å². The van der Waals surface area contributed by atoms with Gasteiger partial charge in [0.2, 0.25) is 0 Å². The monoisotopic (exact) mass is 327 g/mol. The van der Waals surface area contributed by atoms with Gasteiger partial charge in [-0.25, -0.2) is 4.98 Å². The van der Waals surface area contributed by atoms with Gasteiger partial charge >= 0.3 is 0 Å². The highest BCUT2D eigenvalue weighted by atomic mass is 14.7. The Hall–Kier alpha value is -3.06. The minimum absolute atomic E-state index is 0.722. The molecular weight excluding hydrogens is 312 g/mol. The maximum absolute atomic E-state index is 5.97. The predicted octanol–water partition coefficient (Wildman–Crippen LogP) is 3.67. The molecule has 4 aromatic rings. The number of benzene rings is 3. The molecule has 4 rings (SSSR count). The van der Waals surface area contributed by atoms with Gasteiger partial charge in [-0.3, -0.25) is 0 Å². The third-order valence-electron chi connectivity index (χ3n) is 4.30. The number of hydrogen-bond acceptors (Lipinski definition) is 1. The lowest BCUT2D eigenvalue weighted by atomic mass is 9.91. The third kappa shape index (κ3) is 3.48. The molecule has 0 amide bonds. The first-order chi connectivity index (χ1) is 12.7. The van der Waals surface area contributed by atoms with Crippen LogP contribution in [0.25, 0.3) is 33.6 Å². The first-order valence-electron chi connectivity index (χ1n) is 8.48. The van der Waals surface area contributed by atoms with Gasteiger partial charge in [0.25, 0.3) is 0 Å². The van der Waals surface area contributed by atoms with Gasteiger partial charge in [0, 0.05) is 0 Å². The molecule has 0 aliphatic heterocycles. The molecule has 1 nitrogen and oxygen atoms in total. The van der Waals surface area contributed by atoms with E-state index in [2.05, 4.69) is 24.3 Å². The van der Waals surface area contributed by atoms with Crippen LogP contribution in [0.1, 0.15) is 0 Å². The number of nitrogens with zero attached hydrogens (tertiary/aromatic N) is 1.